The monoisotopic (exact) mass is 318 g/mol. The van der Waals surface area contributed by atoms with E-state index in [0.29, 0.717) is 16.6 Å². The van der Waals surface area contributed by atoms with Crippen LogP contribution in [0.3, 0.4) is 0 Å². The van der Waals surface area contributed by atoms with E-state index in [9.17, 15) is 0 Å². The Hall–Kier alpha value is 1.42. The normalized spacial score (nSPS) is 11.6. The Morgan fingerprint density at radius 3 is 1.44 bits per heavy atom. The number of hydrogen-bond acceptors (Lipinski definition) is 1. The summed E-state index contributed by atoms with van der Waals surface area (Å²) in [5.74, 6) is 0. The maximum Gasteiger partial charge on any atom is 2.00 e. The van der Waals surface area contributed by atoms with Crippen molar-refractivity contribution >= 4 is 31.4 Å². The molecule has 94 valence electrons. The van der Waals surface area contributed by atoms with Gasteiger partial charge in [-0.3, -0.25) is 0 Å². The first-order valence-electron chi connectivity index (χ1n) is 5.82. The van der Waals surface area contributed by atoms with Crippen molar-refractivity contribution in [3.05, 3.63) is 6.92 Å². The molecule has 0 saturated heterocycles. The number of hydrogen-bond donors (Lipinski definition) is 0. The van der Waals surface area contributed by atoms with Gasteiger partial charge in [0.25, 0.3) is 0 Å². The molecule has 4 heteroatoms. The van der Waals surface area contributed by atoms with E-state index in [1.54, 1.807) is 0 Å². The van der Waals surface area contributed by atoms with Gasteiger partial charge in [0.05, 0.1) is 0 Å². The molecule has 0 saturated carbocycles. The Labute approximate surface area is 130 Å². The summed E-state index contributed by atoms with van der Waals surface area (Å²) in [5, 5.41) is 0. The van der Waals surface area contributed by atoms with Crippen molar-refractivity contribution in [2.75, 3.05) is 6.61 Å². The van der Waals surface area contributed by atoms with Crippen molar-refractivity contribution in [1.29, 1.82) is 0 Å². The van der Waals surface area contributed by atoms with Gasteiger partial charge in [0.2, 0.25) is 0 Å². The molecule has 0 rings (SSSR count). The van der Waals surface area contributed by atoms with Gasteiger partial charge in [-0.05, 0) is 16.6 Å². The second-order valence-electron chi connectivity index (χ2n) is 5.02. The minimum absolute atomic E-state index is 0. The van der Waals surface area contributed by atoms with Crippen molar-refractivity contribution in [1.82, 2.24) is 0 Å². The summed E-state index contributed by atoms with van der Waals surface area (Å²) in [5.41, 5.74) is 2.07. The second-order valence-corrected chi connectivity index (χ2v) is 10.5. The quantitative estimate of drug-likeness (QED) is 0.525. The van der Waals surface area contributed by atoms with Crippen molar-refractivity contribution in [3.8, 4) is 0 Å². The summed E-state index contributed by atoms with van der Waals surface area (Å²) in [6.07, 6.45) is 0.890. The molecule has 0 radical (unpaired) electrons. The molecule has 0 fully saturated rings. The summed E-state index contributed by atoms with van der Waals surface area (Å²) in [4.78, 5) is 0. The first-order valence-corrected chi connectivity index (χ1v) is 7.96. The molecule has 0 aliphatic carbocycles. The van der Waals surface area contributed by atoms with Crippen LogP contribution in [0.25, 0.3) is 0 Å². The molecule has 0 N–H and O–H groups in total. The first kappa shape index (κ1) is 22.6. The zero-order chi connectivity index (χ0) is 11.4. The van der Waals surface area contributed by atoms with Crippen LogP contribution in [0.1, 0.15) is 48.0 Å². The predicted octanol–water partition coefficient (Wildman–Crippen LogP) is 1.03. The molecule has 0 aliphatic heterocycles. The second kappa shape index (κ2) is 10.4. The molecule has 0 aromatic heterocycles. The summed E-state index contributed by atoms with van der Waals surface area (Å²) in [7, 11) is -1.59. The maximum atomic E-state index is 6.24. The summed E-state index contributed by atoms with van der Waals surface area (Å²) < 4.78 is 6.24. The van der Waals surface area contributed by atoms with Crippen LogP contribution in [-0.4, -0.2) is 38.0 Å². The average molecular weight is 320 g/mol. The van der Waals surface area contributed by atoms with Crippen molar-refractivity contribution in [2.45, 2.75) is 64.6 Å². The van der Waals surface area contributed by atoms with Gasteiger partial charge in [0.1, 0.15) is 0 Å². The molecular weight excluding hydrogens is 292 g/mol. The SMILES string of the molecule is [Br-].[CH2-]CCO[Si](C(C)C)(C(C)C)C(C)C.[Mg+2]. The molecule has 0 unspecified atom stereocenters. The third-order valence-corrected chi connectivity index (χ3v) is 9.32. The van der Waals surface area contributed by atoms with Crippen LogP contribution in [0.5, 0.6) is 0 Å². The maximum absolute atomic E-state index is 6.24. The molecule has 1 nitrogen and oxygen atoms in total. The minimum atomic E-state index is -1.59. The smallest absolute Gasteiger partial charge is 1.00 e. The number of rotatable bonds is 6. The van der Waals surface area contributed by atoms with Crippen LogP contribution in [0.4, 0.5) is 0 Å². The van der Waals surface area contributed by atoms with Crippen molar-refractivity contribution in [3.63, 3.8) is 0 Å². The van der Waals surface area contributed by atoms with E-state index < -0.39 is 8.32 Å². The molecular formula is C12H27BrMgOSi. The molecule has 0 heterocycles. The zero-order valence-corrected chi connectivity index (χ0v) is 15.8. The van der Waals surface area contributed by atoms with E-state index in [0.717, 1.165) is 13.0 Å². The van der Waals surface area contributed by atoms with E-state index >= 15 is 0 Å². The summed E-state index contributed by atoms with van der Waals surface area (Å²) in [6.45, 7) is 18.6. The Bertz CT molecular complexity index is 141. The van der Waals surface area contributed by atoms with Gasteiger partial charge < -0.3 is 28.3 Å². The minimum Gasteiger partial charge on any atom is -1.00 e. The fraction of sp³-hybridized carbons (Fsp3) is 0.917. The largest absolute Gasteiger partial charge is 2.00 e. The van der Waals surface area contributed by atoms with Gasteiger partial charge in [0.15, 0.2) is 8.32 Å². The molecule has 0 amide bonds. The fourth-order valence-corrected chi connectivity index (χ4v) is 8.25. The van der Waals surface area contributed by atoms with Crippen LogP contribution >= 0.6 is 0 Å². The van der Waals surface area contributed by atoms with Crippen LogP contribution in [0, 0.1) is 6.92 Å². The van der Waals surface area contributed by atoms with Gasteiger partial charge in [-0.15, -0.1) is 0 Å². The van der Waals surface area contributed by atoms with Crippen molar-refractivity contribution < 1.29 is 21.4 Å². The van der Waals surface area contributed by atoms with E-state index in [-0.39, 0.29) is 40.0 Å². The van der Waals surface area contributed by atoms with Gasteiger partial charge >= 0.3 is 23.1 Å². The van der Waals surface area contributed by atoms with Crippen LogP contribution in [0.15, 0.2) is 0 Å². The van der Waals surface area contributed by atoms with Crippen LogP contribution in [0.2, 0.25) is 16.6 Å². The Balaban J connectivity index is -0.000000845. The van der Waals surface area contributed by atoms with E-state index in [1.807, 2.05) is 0 Å². The predicted molar refractivity (Wildman–Crippen MR) is 72.7 cm³/mol. The summed E-state index contributed by atoms with van der Waals surface area (Å²) >= 11 is 0. The Kier molecular flexibility index (Phi) is 14.6. The topological polar surface area (TPSA) is 9.23 Å². The zero-order valence-electron chi connectivity index (χ0n) is 11.8. The molecule has 0 bridgehead atoms. The molecule has 0 atom stereocenters. The van der Waals surface area contributed by atoms with E-state index in [2.05, 4.69) is 48.5 Å². The third-order valence-electron chi connectivity index (χ3n) is 3.20. The Morgan fingerprint density at radius 2 is 1.25 bits per heavy atom. The molecule has 0 aliphatic rings. The number of halogens is 1. The van der Waals surface area contributed by atoms with E-state index in [1.165, 1.54) is 0 Å². The molecule has 0 aromatic rings. The van der Waals surface area contributed by atoms with E-state index in [4.69, 9.17) is 4.43 Å². The van der Waals surface area contributed by atoms with Crippen LogP contribution in [-0.2, 0) is 4.43 Å². The standard InChI is InChI=1S/C12H27OSi.BrH.Mg/c1-8-9-13-14(10(2)3,11(4)5)12(6)7;;/h10-12H,1,8-9H2,2-7H3;1H;/q-1;;+2/p-1. The third kappa shape index (κ3) is 5.38. The molecule has 0 aromatic carbocycles. The van der Waals surface area contributed by atoms with Crippen molar-refractivity contribution in [2.24, 2.45) is 0 Å². The van der Waals surface area contributed by atoms with Gasteiger partial charge in [-0.2, -0.15) is 6.42 Å². The first-order chi connectivity index (χ1) is 6.39. The van der Waals surface area contributed by atoms with Crippen LogP contribution < -0.4 is 17.0 Å². The Morgan fingerprint density at radius 1 is 0.938 bits per heavy atom. The van der Waals surface area contributed by atoms with Gasteiger partial charge in [-0.1, -0.05) is 41.5 Å². The summed E-state index contributed by atoms with van der Waals surface area (Å²) in [6, 6.07) is 0. The van der Waals surface area contributed by atoms with Gasteiger partial charge in [-0.25, -0.2) is 0 Å². The molecule has 16 heavy (non-hydrogen) atoms. The molecule has 0 spiro atoms. The fourth-order valence-electron chi connectivity index (χ4n) is 2.75. The average Bonchev–Trinajstić information content (AvgIpc) is 2.03. The van der Waals surface area contributed by atoms with Gasteiger partial charge in [0, 0.05) is 6.61 Å².